The Labute approximate surface area is 321 Å². The molecule has 2 aliphatic rings. The van der Waals surface area contributed by atoms with Crippen molar-refractivity contribution in [3.63, 3.8) is 0 Å². The van der Waals surface area contributed by atoms with E-state index in [0.717, 1.165) is 0 Å². The van der Waals surface area contributed by atoms with Gasteiger partial charge >= 0.3 is 17.9 Å². The fourth-order valence-corrected chi connectivity index (χ4v) is 6.35. The first-order chi connectivity index (χ1) is 24.4. The summed E-state index contributed by atoms with van der Waals surface area (Å²) in [6.07, 6.45) is 3.10. The van der Waals surface area contributed by atoms with Gasteiger partial charge in [-0.3, -0.25) is 28.8 Å². The summed E-state index contributed by atoms with van der Waals surface area (Å²) in [5, 5.41) is 1.01. The molecule has 0 aromatic carbocycles. The normalized spacial score (nSPS) is 16.0. The van der Waals surface area contributed by atoms with E-state index in [-0.39, 0.29) is 57.3 Å². The number of imide groups is 2. The van der Waals surface area contributed by atoms with Crippen molar-refractivity contribution >= 4 is 47.3 Å². The number of Topliss-reactive ketones (excluding diaryl/α,β-unsaturated/α-hetero) is 1. The Hall–Kier alpha value is -3.68. The van der Waals surface area contributed by atoms with Crippen LogP contribution >= 0.6 is 0 Å². The van der Waals surface area contributed by atoms with Crippen LogP contribution < -0.4 is 0 Å². The van der Waals surface area contributed by atoms with Gasteiger partial charge in [0.25, 0.3) is 23.6 Å². The standard InChI is InChI=1S/C37H58N2O12.C3H8/c1-32(2,22-34(5,6)30(46)50-38-25(41)15-16-26(38)42)24(40)14-13-19-36(9,10)48-21-20-37(11,12)49-29(45)33(3,4)23-35(7,8)31(47)51-39-27(43)17-18-28(39)44;1-3-2/h13-23H2,1-12H3;3H2,1-2H3. The molecule has 0 saturated carbocycles. The van der Waals surface area contributed by atoms with Crippen LogP contribution in [0, 0.1) is 21.7 Å². The second-order valence-corrected chi connectivity index (χ2v) is 18.3. The molecule has 2 heterocycles. The van der Waals surface area contributed by atoms with E-state index in [0.29, 0.717) is 29.4 Å². The Morgan fingerprint density at radius 2 is 0.889 bits per heavy atom. The first kappa shape index (κ1) is 48.3. The summed E-state index contributed by atoms with van der Waals surface area (Å²) in [4.78, 5) is 110. The molecule has 0 radical (unpaired) electrons. The summed E-state index contributed by atoms with van der Waals surface area (Å²) in [6, 6.07) is 0. The van der Waals surface area contributed by atoms with E-state index in [1.165, 1.54) is 6.42 Å². The number of hydroxylamine groups is 4. The summed E-state index contributed by atoms with van der Waals surface area (Å²) < 4.78 is 12.0. The first-order valence-corrected chi connectivity index (χ1v) is 19.0. The average molecular weight is 767 g/mol. The molecule has 2 aliphatic heterocycles. The molecule has 308 valence electrons. The number of hydrogen-bond acceptors (Lipinski definition) is 12. The van der Waals surface area contributed by atoms with Crippen LogP contribution in [-0.2, 0) is 57.5 Å². The van der Waals surface area contributed by atoms with Crippen molar-refractivity contribution in [3.8, 4) is 0 Å². The Morgan fingerprint density at radius 3 is 1.28 bits per heavy atom. The van der Waals surface area contributed by atoms with Gasteiger partial charge in [0, 0.05) is 43.9 Å². The molecule has 0 aromatic rings. The Balaban J connectivity index is 0.00000469. The van der Waals surface area contributed by atoms with E-state index >= 15 is 0 Å². The van der Waals surface area contributed by atoms with E-state index in [9.17, 15) is 38.4 Å². The summed E-state index contributed by atoms with van der Waals surface area (Å²) in [5.74, 6) is -4.41. The summed E-state index contributed by atoms with van der Waals surface area (Å²) in [6.45, 7) is 25.1. The number of nitrogens with zero attached hydrogens (tertiary/aromatic N) is 2. The third-order valence-electron chi connectivity index (χ3n) is 9.29. The zero-order valence-corrected chi connectivity index (χ0v) is 35.3. The molecule has 2 saturated heterocycles. The molecule has 0 unspecified atom stereocenters. The molecular formula is C40H66N2O12. The second kappa shape index (κ2) is 18.8. The van der Waals surface area contributed by atoms with E-state index < -0.39 is 74.4 Å². The van der Waals surface area contributed by atoms with Gasteiger partial charge in [0.15, 0.2) is 0 Å². The van der Waals surface area contributed by atoms with Crippen molar-refractivity contribution in [2.45, 2.75) is 179 Å². The molecule has 4 amide bonds. The zero-order valence-electron chi connectivity index (χ0n) is 35.3. The number of esters is 1. The third-order valence-corrected chi connectivity index (χ3v) is 9.29. The van der Waals surface area contributed by atoms with E-state index in [4.69, 9.17) is 19.1 Å². The van der Waals surface area contributed by atoms with Crippen molar-refractivity contribution in [1.82, 2.24) is 10.1 Å². The molecule has 14 heteroatoms. The van der Waals surface area contributed by atoms with Crippen molar-refractivity contribution in [2.24, 2.45) is 21.7 Å². The van der Waals surface area contributed by atoms with Crippen LogP contribution in [0.3, 0.4) is 0 Å². The predicted molar refractivity (Wildman–Crippen MR) is 198 cm³/mol. The summed E-state index contributed by atoms with van der Waals surface area (Å²) in [5.41, 5.74) is -5.83. The lowest BCUT2D eigenvalue weighted by Gasteiger charge is -2.35. The maximum Gasteiger partial charge on any atom is 0.338 e. The first-order valence-electron chi connectivity index (χ1n) is 19.0. The van der Waals surface area contributed by atoms with Crippen LogP contribution in [0.5, 0.6) is 0 Å². The average Bonchev–Trinajstić information content (AvgIpc) is 3.50. The highest BCUT2D eigenvalue weighted by atomic mass is 16.7. The molecule has 2 rings (SSSR count). The van der Waals surface area contributed by atoms with Crippen LogP contribution in [0.1, 0.15) is 168 Å². The lowest BCUT2D eigenvalue weighted by molar-refractivity contribution is -0.206. The van der Waals surface area contributed by atoms with Gasteiger partial charge < -0.3 is 19.1 Å². The third kappa shape index (κ3) is 14.5. The highest BCUT2D eigenvalue weighted by molar-refractivity contribution is 6.02. The van der Waals surface area contributed by atoms with Gasteiger partial charge in [-0.25, -0.2) is 9.59 Å². The number of amides is 4. The number of rotatable bonds is 19. The Morgan fingerprint density at radius 1 is 0.537 bits per heavy atom. The van der Waals surface area contributed by atoms with Gasteiger partial charge in [-0.2, -0.15) is 0 Å². The smallest absolute Gasteiger partial charge is 0.338 e. The molecule has 0 atom stereocenters. The topological polar surface area (TPSA) is 180 Å². The number of ether oxygens (including phenoxy) is 2. The van der Waals surface area contributed by atoms with Gasteiger partial charge in [-0.1, -0.05) is 34.1 Å². The molecule has 0 aliphatic carbocycles. The molecule has 54 heavy (non-hydrogen) atoms. The van der Waals surface area contributed by atoms with Crippen LogP contribution in [0.2, 0.25) is 0 Å². The lowest BCUT2D eigenvalue weighted by Crippen LogP contribution is -2.43. The molecule has 2 fully saturated rings. The number of ketones is 1. The zero-order chi connectivity index (χ0) is 42.1. The van der Waals surface area contributed by atoms with Crippen LogP contribution in [-0.4, -0.2) is 75.3 Å². The summed E-state index contributed by atoms with van der Waals surface area (Å²) >= 11 is 0. The van der Waals surface area contributed by atoms with Crippen molar-refractivity contribution in [3.05, 3.63) is 0 Å². The van der Waals surface area contributed by atoms with Gasteiger partial charge in [0.2, 0.25) is 0 Å². The predicted octanol–water partition coefficient (Wildman–Crippen LogP) is 6.75. The van der Waals surface area contributed by atoms with E-state index in [2.05, 4.69) is 13.8 Å². The molecule has 0 spiro atoms. The number of carbonyl (C=O) groups is 8. The monoisotopic (exact) mass is 766 g/mol. The van der Waals surface area contributed by atoms with Crippen LogP contribution in [0.25, 0.3) is 0 Å². The Bertz CT molecular complexity index is 1390. The Kier molecular flexibility index (Phi) is 16.8. The minimum Gasteiger partial charge on any atom is -0.459 e. The second-order valence-electron chi connectivity index (χ2n) is 18.3. The minimum absolute atomic E-state index is 0.00317. The maximum absolute atomic E-state index is 13.3. The van der Waals surface area contributed by atoms with E-state index in [1.54, 1.807) is 69.2 Å². The van der Waals surface area contributed by atoms with Crippen molar-refractivity contribution in [1.29, 1.82) is 0 Å². The van der Waals surface area contributed by atoms with Gasteiger partial charge in [0.1, 0.15) is 11.4 Å². The minimum atomic E-state index is -1.21. The molecular weight excluding hydrogens is 700 g/mol. The molecule has 0 N–H and O–H groups in total. The quantitative estimate of drug-likeness (QED) is 0.0999. The molecule has 14 nitrogen and oxygen atoms in total. The summed E-state index contributed by atoms with van der Waals surface area (Å²) in [7, 11) is 0. The van der Waals surface area contributed by atoms with Gasteiger partial charge in [0.05, 0.1) is 28.5 Å². The highest BCUT2D eigenvalue weighted by Gasteiger charge is 2.46. The number of carbonyl (C=O) groups excluding carboxylic acids is 8. The number of hydrogen-bond donors (Lipinski definition) is 0. The fraction of sp³-hybridized carbons (Fsp3) is 0.800. The highest BCUT2D eigenvalue weighted by Crippen LogP contribution is 2.39. The van der Waals surface area contributed by atoms with Crippen LogP contribution in [0.15, 0.2) is 0 Å². The molecule has 0 aromatic heterocycles. The fourth-order valence-electron chi connectivity index (χ4n) is 6.35. The largest absolute Gasteiger partial charge is 0.459 e. The molecule has 0 bridgehead atoms. The van der Waals surface area contributed by atoms with Crippen molar-refractivity contribution < 1.29 is 57.5 Å². The van der Waals surface area contributed by atoms with Crippen molar-refractivity contribution in [2.75, 3.05) is 6.61 Å². The van der Waals surface area contributed by atoms with Gasteiger partial charge in [-0.15, -0.1) is 10.1 Å². The van der Waals surface area contributed by atoms with E-state index in [1.807, 2.05) is 13.8 Å². The van der Waals surface area contributed by atoms with Crippen LogP contribution in [0.4, 0.5) is 0 Å². The maximum atomic E-state index is 13.3. The van der Waals surface area contributed by atoms with Gasteiger partial charge in [-0.05, 0) is 94.9 Å². The SMILES string of the molecule is CC(C)(CCCC(=O)C(C)(C)CC(C)(C)C(=O)ON1C(=O)CCC1=O)OCCC(C)(C)OC(=O)C(C)(C)CC(C)(C)C(=O)ON1C(=O)CCC1=O.CCC. The lowest BCUT2D eigenvalue weighted by atomic mass is 9.72.